The molecule has 0 saturated carbocycles. The summed E-state index contributed by atoms with van der Waals surface area (Å²) < 4.78 is 2.13. The Labute approximate surface area is 89.3 Å². The van der Waals surface area contributed by atoms with Gasteiger partial charge in [0.1, 0.15) is 5.82 Å². The van der Waals surface area contributed by atoms with Crippen molar-refractivity contribution in [2.75, 3.05) is 0 Å². The number of hydrogen-bond donors (Lipinski definition) is 1. The quantitative estimate of drug-likeness (QED) is 0.819. The highest BCUT2D eigenvalue weighted by atomic mass is 35.5. The first-order valence-electron chi connectivity index (χ1n) is 5.25. The minimum atomic E-state index is 0.0836. The van der Waals surface area contributed by atoms with Crippen molar-refractivity contribution in [3.05, 3.63) is 16.7 Å². The smallest absolute Gasteiger partial charge is 0.150 e. The van der Waals surface area contributed by atoms with Gasteiger partial charge < -0.3 is 10.3 Å². The standard InChI is InChI=1S/C10H16ClN3/c1-2-4-9-13-10(11)7-5-3-6-8(12)14(7)9/h8H,2-6,12H2,1H3. The van der Waals surface area contributed by atoms with Gasteiger partial charge in [-0.3, -0.25) is 0 Å². The molecule has 0 saturated heterocycles. The number of imidazole rings is 1. The summed E-state index contributed by atoms with van der Waals surface area (Å²) in [7, 11) is 0. The lowest BCUT2D eigenvalue weighted by molar-refractivity contribution is 0.401. The normalized spacial score (nSPS) is 20.9. The maximum absolute atomic E-state index is 6.08. The molecular weight excluding hydrogens is 198 g/mol. The van der Waals surface area contributed by atoms with Gasteiger partial charge in [-0.25, -0.2) is 4.98 Å². The van der Waals surface area contributed by atoms with Gasteiger partial charge in [-0.05, 0) is 25.7 Å². The zero-order chi connectivity index (χ0) is 10.1. The van der Waals surface area contributed by atoms with E-state index in [0.717, 1.165) is 43.6 Å². The predicted molar refractivity (Wildman–Crippen MR) is 57.4 cm³/mol. The fourth-order valence-corrected chi connectivity index (χ4v) is 2.39. The molecule has 0 radical (unpaired) electrons. The van der Waals surface area contributed by atoms with Crippen LogP contribution in [0.1, 0.15) is 43.9 Å². The molecule has 1 atom stereocenters. The van der Waals surface area contributed by atoms with Crippen molar-refractivity contribution in [2.24, 2.45) is 5.73 Å². The van der Waals surface area contributed by atoms with Crippen LogP contribution in [-0.2, 0) is 12.8 Å². The van der Waals surface area contributed by atoms with E-state index in [1.165, 1.54) is 0 Å². The molecule has 78 valence electrons. The molecule has 2 N–H and O–H groups in total. The third-order valence-electron chi connectivity index (χ3n) is 2.75. The topological polar surface area (TPSA) is 43.8 Å². The average Bonchev–Trinajstić information content (AvgIpc) is 2.46. The van der Waals surface area contributed by atoms with Crippen molar-refractivity contribution in [2.45, 2.75) is 45.2 Å². The van der Waals surface area contributed by atoms with Crippen LogP contribution in [-0.4, -0.2) is 9.55 Å². The number of nitrogens with zero attached hydrogens (tertiary/aromatic N) is 2. The molecule has 14 heavy (non-hydrogen) atoms. The molecule has 1 aromatic rings. The van der Waals surface area contributed by atoms with Crippen LogP contribution in [0, 0.1) is 0 Å². The zero-order valence-electron chi connectivity index (χ0n) is 8.46. The minimum absolute atomic E-state index is 0.0836. The van der Waals surface area contributed by atoms with Gasteiger partial charge in [0, 0.05) is 6.42 Å². The average molecular weight is 214 g/mol. The Morgan fingerprint density at radius 1 is 1.64 bits per heavy atom. The summed E-state index contributed by atoms with van der Waals surface area (Å²) in [6.45, 7) is 2.14. The van der Waals surface area contributed by atoms with Crippen molar-refractivity contribution in [1.29, 1.82) is 0 Å². The summed E-state index contributed by atoms with van der Waals surface area (Å²) in [5, 5.41) is 0.656. The maximum atomic E-state index is 6.08. The highest BCUT2D eigenvalue weighted by Crippen LogP contribution is 2.28. The minimum Gasteiger partial charge on any atom is -0.315 e. The van der Waals surface area contributed by atoms with Crippen molar-refractivity contribution in [1.82, 2.24) is 9.55 Å². The number of rotatable bonds is 2. The van der Waals surface area contributed by atoms with Crippen LogP contribution < -0.4 is 5.73 Å². The molecule has 2 rings (SSSR count). The maximum Gasteiger partial charge on any atom is 0.150 e. The number of aromatic nitrogens is 2. The molecule has 0 amide bonds. The number of fused-ring (bicyclic) bond motifs is 1. The first-order valence-corrected chi connectivity index (χ1v) is 5.63. The molecule has 1 aliphatic heterocycles. The van der Waals surface area contributed by atoms with Gasteiger partial charge in [0.15, 0.2) is 5.15 Å². The van der Waals surface area contributed by atoms with E-state index in [9.17, 15) is 0 Å². The second-order valence-corrected chi connectivity index (χ2v) is 4.20. The first kappa shape index (κ1) is 9.99. The van der Waals surface area contributed by atoms with Gasteiger partial charge in [-0.1, -0.05) is 18.5 Å². The summed E-state index contributed by atoms with van der Waals surface area (Å²) in [5.74, 6) is 1.06. The molecular formula is C10H16ClN3. The summed E-state index contributed by atoms with van der Waals surface area (Å²) in [5.41, 5.74) is 7.19. The van der Waals surface area contributed by atoms with Crippen LogP contribution in [0.4, 0.5) is 0 Å². The van der Waals surface area contributed by atoms with Crippen LogP contribution in [0.15, 0.2) is 0 Å². The lowest BCUT2D eigenvalue weighted by Gasteiger charge is -2.23. The number of nitrogens with two attached hydrogens (primary N) is 1. The molecule has 0 spiro atoms. The second kappa shape index (κ2) is 3.91. The predicted octanol–water partition coefficient (Wildman–Crippen LogP) is 2.28. The lowest BCUT2D eigenvalue weighted by atomic mass is 10.1. The Bertz CT molecular complexity index is 332. The molecule has 1 unspecified atom stereocenters. The Balaban J connectivity index is 2.42. The third-order valence-corrected chi connectivity index (χ3v) is 3.06. The first-order chi connectivity index (χ1) is 6.74. The highest BCUT2D eigenvalue weighted by Gasteiger charge is 2.23. The van der Waals surface area contributed by atoms with E-state index in [2.05, 4.69) is 16.5 Å². The molecule has 0 aromatic carbocycles. The molecule has 4 heteroatoms. The van der Waals surface area contributed by atoms with Crippen LogP contribution in [0.5, 0.6) is 0 Å². The van der Waals surface area contributed by atoms with Crippen LogP contribution in [0.3, 0.4) is 0 Å². The van der Waals surface area contributed by atoms with Gasteiger partial charge in [0.05, 0.1) is 11.9 Å². The van der Waals surface area contributed by atoms with Gasteiger partial charge in [0.2, 0.25) is 0 Å². The Morgan fingerprint density at radius 2 is 2.43 bits per heavy atom. The second-order valence-electron chi connectivity index (χ2n) is 3.85. The van der Waals surface area contributed by atoms with Crippen LogP contribution in [0.2, 0.25) is 5.15 Å². The van der Waals surface area contributed by atoms with Crippen LogP contribution >= 0.6 is 11.6 Å². The summed E-state index contributed by atoms with van der Waals surface area (Å²) >= 11 is 6.08. The van der Waals surface area contributed by atoms with Crippen molar-refractivity contribution in [3.8, 4) is 0 Å². The summed E-state index contributed by atoms with van der Waals surface area (Å²) in [6.07, 6.45) is 5.31. The van der Waals surface area contributed by atoms with Crippen molar-refractivity contribution >= 4 is 11.6 Å². The van der Waals surface area contributed by atoms with E-state index in [1.54, 1.807) is 0 Å². The van der Waals surface area contributed by atoms with E-state index < -0.39 is 0 Å². The third kappa shape index (κ3) is 1.55. The van der Waals surface area contributed by atoms with E-state index in [0.29, 0.717) is 5.15 Å². The number of hydrogen-bond acceptors (Lipinski definition) is 2. The van der Waals surface area contributed by atoms with Gasteiger partial charge in [-0.15, -0.1) is 0 Å². The number of aryl methyl sites for hydroxylation is 1. The monoisotopic (exact) mass is 213 g/mol. The van der Waals surface area contributed by atoms with E-state index in [1.807, 2.05) is 0 Å². The Hall–Kier alpha value is -0.540. The highest BCUT2D eigenvalue weighted by molar-refractivity contribution is 6.30. The van der Waals surface area contributed by atoms with E-state index in [-0.39, 0.29) is 6.17 Å². The lowest BCUT2D eigenvalue weighted by Crippen LogP contribution is -2.26. The molecule has 1 aromatic heterocycles. The Morgan fingerprint density at radius 3 is 3.14 bits per heavy atom. The van der Waals surface area contributed by atoms with E-state index >= 15 is 0 Å². The largest absolute Gasteiger partial charge is 0.315 e. The molecule has 0 fully saturated rings. The molecule has 0 aliphatic carbocycles. The fraction of sp³-hybridized carbons (Fsp3) is 0.700. The molecule has 2 heterocycles. The van der Waals surface area contributed by atoms with Gasteiger partial charge in [-0.2, -0.15) is 0 Å². The van der Waals surface area contributed by atoms with E-state index in [4.69, 9.17) is 17.3 Å². The van der Waals surface area contributed by atoms with Crippen molar-refractivity contribution in [3.63, 3.8) is 0 Å². The molecule has 3 nitrogen and oxygen atoms in total. The fourth-order valence-electron chi connectivity index (χ4n) is 2.11. The molecule has 0 bridgehead atoms. The van der Waals surface area contributed by atoms with Crippen molar-refractivity contribution < 1.29 is 0 Å². The number of halogens is 1. The summed E-state index contributed by atoms with van der Waals surface area (Å²) in [6, 6.07) is 0. The SMILES string of the molecule is CCCc1nc(Cl)c2n1C(N)CCC2. The van der Waals surface area contributed by atoms with Crippen LogP contribution in [0.25, 0.3) is 0 Å². The zero-order valence-corrected chi connectivity index (χ0v) is 9.22. The van der Waals surface area contributed by atoms with Gasteiger partial charge >= 0.3 is 0 Å². The summed E-state index contributed by atoms with van der Waals surface area (Å²) in [4.78, 5) is 4.38. The van der Waals surface area contributed by atoms with Gasteiger partial charge in [0.25, 0.3) is 0 Å². The molecule has 1 aliphatic rings. The Kier molecular flexibility index (Phi) is 2.79.